The van der Waals surface area contributed by atoms with Gasteiger partial charge in [0.1, 0.15) is 11.5 Å². The van der Waals surface area contributed by atoms with Crippen LogP contribution in [0.2, 0.25) is 5.02 Å². The number of alkyl halides is 3. The van der Waals surface area contributed by atoms with Crippen molar-refractivity contribution in [3.05, 3.63) is 29.3 Å². The van der Waals surface area contributed by atoms with Crippen LogP contribution in [-0.4, -0.2) is 54.3 Å². The quantitative estimate of drug-likeness (QED) is 0.800. The van der Waals surface area contributed by atoms with Crippen LogP contribution in [0.5, 0.6) is 0 Å². The number of amides is 1. The lowest BCUT2D eigenvalue weighted by Gasteiger charge is -2.28. The average Bonchev–Trinajstić information content (AvgIpc) is 3.26. The van der Waals surface area contributed by atoms with Crippen molar-refractivity contribution in [1.82, 2.24) is 4.90 Å². The van der Waals surface area contributed by atoms with E-state index < -0.39 is 70.4 Å². The van der Waals surface area contributed by atoms with E-state index in [9.17, 15) is 36.3 Å². The van der Waals surface area contributed by atoms with Gasteiger partial charge in [0.2, 0.25) is 5.91 Å². The van der Waals surface area contributed by atoms with Crippen LogP contribution in [0.4, 0.5) is 13.2 Å². The third-order valence-corrected chi connectivity index (χ3v) is 7.72. The summed E-state index contributed by atoms with van der Waals surface area (Å²) in [6.07, 6.45) is -6.17. The third kappa shape index (κ3) is 3.18. The second kappa shape index (κ2) is 6.37. The summed E-state index contributed by atoms with van der Waals surface area (Å²) in [6, 6.07) is 3.86. The Balaban J connectivity index is 1.94. The van der Waals surface area contributed by atoms with Gasteiger partial charge in [0, 0.05) is 6.54 Å². The lowest BCUT2D eigenvalue weighted by atomic mass is 10.0. The standard InChI is InChI=1S/C16H15ClF3NO5S/c17-10-3-1-2-4-12(10)27(25,26)9-7-11(13(22)23)21(8-9)14(24)15(5-6-15)16(18,19)20/h1-4,9,11H,5-8H2,(H,22,23)/t9-,11+/m1/s1. The van der Waals surface area contributed by atoms with Gasteiger partial charge in [0.15, 0.2) is 9.84 Å². The Morgan fingerprint density at radius 2 is 1.81 bits per heavy atom. The molecule has 0 aromatic heterocycles. The van der Waals surface area contributed by atoms with Gasteiger partial charge in [-0.3, -0.25) is 4.79 Å². The molecule has 1 aliphatic carbocycles. The fraction of sp³-hybridized carbons (Fsp3) is 0.500. The smallest absolute Gasteiger partial charge is 0.403 e. The van der Waals surface area contributed by atoms with Gasteiger partial charge in [-0.2, -0.15) is 13.2 Å². The zero-order valence-electron chi connectivity index (χ0n) is 13.7. The number of nitrogens with zero attached hydrogens (tertiary/aromatic N) is 1. The van der Waals surface area contributed by atoms with Gasteiger partial charge in [-0.05, 0) is 31.4 Å². The summed E-state index contributed by atoms with van der Waals surface area (Å²) in [6.45, 7) is -0.624. The molecule has 1 N–H and O–H groups in total. The van der Waals surface area contributed by atoms with Crippen molar-refractivity contribution in [2.24, 2.45) is 5.41 Å². The number of hydrogen-bond acceptors (Lipinski definition) is 4. The van der Waals surface area contributed by atoms with E-state index in [2.05, 4.69) is 0 Å². The molecule has 1 heterocycles. The predicted octanol–water partition coefficient (Wildman–Crippen LogP) is 2.51. The van der Waals surface area contributed by atoms with E-state index in [1.54, 1.807) is 0 Å². The maximum Gasteiger partial charge on any atom is 0.403 e. The number of rotatable bonds is 4. The molecule has 2 atom stereocenters. The molecular formula is C16H15ClF3NO5S. The normalized spacial score (nSPS) is 24.7. The van der Waals surface area contributed by atoms with Crippen molar-refractivity contribution >= 4 is 33.3 Å². The molecule has 0 spiro atoms. The molecule has 0 radical (unpaired) electrons. The summed E-state index contributed by atoms with van der Waals surface area (Å²) >= 11 is 5.90. The minimum Gasteiger partial charge on any atom is -0.480 e. The van der Waals surface area contributed by atoms with Crippen LogP contribution in [0.3, 0.4) is 0 Å². The average molecular weight is 426 g/mol. The molecule has 148 valence electrons. The van der Waals surface area contributed by atoms with Crippen LogP contribution < -0.4 is 0 Å². The number of carboxylic acids is 1. The van der Waals surface area contributed by atoms with E-state index in [1.807, 2.05) is 0 Å². The molecule has 1 saturated heterocycles. The van der Waals surface area contributed by atoms with Gasteiger partial charge < -0.3 is 10.0 Å². The van der Waals surface area contributed by atoms with Crippen LogP contribution in [0.1, 0.15) is 19.3 Å². The molecule has 1 saturated carbocycles. The SMILES string of the molecule is O=C(O)[C@@H]1C[C@@H](S(=O)(=O)c2ccccc2Cl)CN1C(=O)C1(C(F)(F)F)CC1. The lowest BCUT2D eigenvalue weighted by Crippen LogP contribution is -2.48. The first-order valence-corrected chi connectivity index (χ1v) is 9.93. The maximum atomic E-state index is 13.2. The Morgan fingerprint density at radius 3 is 2.30 bits per heavy atom. The molecule has 1 aromatic rings. The van der Waals surface area contributed by atoms with Crippen LogP contribution in [0.15, 0.2) is 29.2 Å². The van der Waals surface area contributed by atoms with Crippen LogP contribution in [0, 0.1) is 5.41 Å². The first-order valence-electron chi connectivity index (χ1n) is 8.01. The Morgan fingerprint density at radius 1 is 1.22 bits per heavy atom. The highest BCUT2D eigenvalue weighted by Gasteiger charge is 2.70. The number of aliphatic carboxylic acids is 1. The molecule has 1 aromatic carbocycles. The third-order valence-electron chi connectivity index (χ3n) is 5.09. The number of halogens is 4. The Kier molecular flexibility index (Phi) is 4.70. The minimum atomic E-state index is -4.81. The van der Waals surface area contributed by atoms with Gasteiger partial charge in [0.05, 0.1) is 15.2 Å². The number of carboxylic acid groups (broad SMARTS) is 1. The van der Waals surface area contributed by atoms with Crippen LogP contribution in [-0.2, 0) is 19.4 Å². The molecule has 3 rings (SSSR count). The summed E-state index contributed by atoms with van der Waals surface area (Å²) < 4.78 is 65.4. The number of carbonyl (C=O) groups excluding carboxylic acids is 1. The van der Waals surface area contributed by atoms with Gasteiger partial charge in [0.25, 0.3) is 0 Å². The molecule has 0 unspecified atom stereocenters. The van der Waals surface area contributed by atoms with Crippen LogP contribution in [0.25, 0.3) is 0 Å². The van der Waals surface area contributed by atoms with Gasteiger partial charge in [-0.15, -0.1) is 0 Å². The monoisotopic (exact) mass is 425 g/mol. The van der Waals surface area contributed by atoms with E-state index in [-0.39, 0.29) is 9.92 Å². The van der Waals surface area contributed by atoms with Crippen molar-refractivity contribution in [3.8, 4) is 0 Å². The lowest BCUT2D eigenvalue weighted by molar-refractivity contribution is -0.199. The molecule has 11 heteroatoms. The highest BCUT2D eigenvalue weighted by atomic mass is 35.5. The highest BCUT2D eigenvalue weighted by molar-refractivity contribution is 7.92. The Labute approximate surface area is 157 Å². The molecule has 2 fully saturated rings. The number of likely N-dealkylation sites (tertiary alicyclic amines) is 1. The molecule has 6 nitrogen and oxygen atoms in total. The molecule has 1 aliphatic heterocycles. The van der Waals surface area contributed by atoms with Crippen molar-refractivity contribution in [3.63, 3.8) is 0 Å². The number of hydrogen-bond donors (Lipinski definition) is 1. The summed E-state index contributed by atoms with van der Waals surface area (Å²) in [7, 11) is -4.13. The number of sulfone groups is 1. The van der Waals surface area contributed by atoms with E-state index in [4.69, 9.17) is 11.6 Å². The number of benzene rings is 1. The minimum absolute atomic E-state index is 0.0805. The highest BCUT2D eigenvalue weighted by Crippen LogP contribution is 2.59. The fourth-order valence-corrected chi connectivity index (χ4v) is 5.57. The van der Waals surface area contributed by atoms with Gasteiger partial charge >= 0.3 is 12.1 Å². The van der Waals surface area contributed by atoms with Crippen molar-refractivity contribution in [2.45, 2.75) is 41.6 Å². The predicted molar refractivity (Wildman–Crippen MR) is 87.9 cm³/mol. The molecule has 27 heavy (non-hydrogen) atoms. The summed E-state index contributed by atoms with van der Waals surface area (Å²) in [5, 5.41) is 7.90. The first-order chi connectivity index (χ1) is 12.4. The largest absolute Gasteiger partial charge is 0.480 e. The van der Waals surface area contributed by atoms with Crippen molar-refractivity contribution in [2.75, 3.05) is 6.54 Å². The zero-order chi connectivity index (χ0) is 20.2. The summed E-state index contributed by atoms with van der Waals surface area (Å²) in [5.41, 5.74) is -2.61. The van der Waals surface area contributed by atoms with Crippen molar-refractivity contribution in [1.29, 1.82) is 0 Å². The summed E-state index contributed by atoms with van der Waals surface area (Å²) in [5.74, 6) is -2.92. The number of carbonyl (C=O) groups is 2. The van der Waals surface area contributed by atoms with Gasteiger partial charge in [-0.25, -0.2) is 13.2 Å². The van der Waals surface area contributed by atoms with E-state index >= 15 is 0 Å². The molecule has 2 aliphatic rings. The summed E-state index contributed by atoms with van der Waals surface area (Å²) in [4.78, 5) is 24.3. The van der Waals surface area contributed by atoms with E-state index in [0.717, 1.165) is 0 Å². The second-order valence-corrected chi connectivity index (χ2v) is 9.33. The van der Waals surface area contributed by atoms with Crippen LogP contribution >= 0.6 is 11.6 Å². The first kappa shape index (κ1) is 19.9. The fourth-order valence-electron chi connectivity index (χ4n) is 3.35. The zero-order valence-corrected chi connectivity index (χ0v) is 15.3. The topological polar surface area (TPSA) is 91.8 Å². The van der Waals surface area contributed by atoms with E-state index in [1.165, 1.54) is 24.3 Å². The molecular weight excluding hydrogens is 411 g/mol. The second-order valence-electron chi connectivity index (χ2n) is 6.72. The van der Waals surface area contributed by atoms with Gasteiger partial charge in [-0.1, -0.05) is 23.7 Å². The molecule has 1 amide bonds. The van der Waals surface area contributed by atoms with Crippen molar-refractivity contribution < 1.29 is 36.3 Å². The Bertz CT molecular complexity index is 898. The molecule has 0 bridgehead atoms. The maximum absolute atomic E-state index is 13.2. The Hall–Kier alpha value is -1.81. The van der Waals surface area contributed by atoms with E-state index in [0.29, 0.717) is 4.90 Å².